The first-order chi connectivity index (χ1) is 21.7. The fraction of sp³-hybridized carbons (Fsp3) is 0.500. The van der Waals surface area contributed by atoms with E-state index in [2.05, 4.69) is 4.90 Å². The number of likely N-dealkylation sites (tertiary alicyclic amines) is 1. The molecule has 2 aromatic carbocycles. The molecule has 1 saturated heterocycles. The SMILES string of the molecule is COc1ccc(CN2CCCC2)cc1-c1ccc(O)c2c1[C@@H](C)[C@H]1C(C2=O)C(=O)[C@@]2(O)C(=O)C(C(N)=O)C(=O)[C@H](N(C)C)[C@H]2[C@@H]1O. The Morgan fingerprint density at radius 1 is 1.07 bits per heavy atom. The number of Topliss-reactive ketones (excluding diaryl/α,β-unsaturated/α-hetero) is 4. The highest BCUT2D eigenvalue weighted by Gasteiger charge is 2.73. The molecule has 46 heavy (non-hydrogen) atoms. The average Bonchev–Trinajstić information content (AvgIpc) is 3.51. The van der Waals surface area contributed by atoms with Gasteiger partial charge in [-0.05, 0) is 80.8 Å². The number of aliphatic hydroxyl groups is 2. The minimum atomic E-state index is -3.05. The van der Waals surface area contributed by atoms with Crippen LogP contribution in [0.5, 0.6) is 11.5 Å². The molecule has 1 heterocycles. The minimum absolute atomic E-state index is 0.157. The van der Waals surface area contributed by atoms with E-state index in [0.29, 0.717) is 29.0 Å². The zero-order valence-electron chi connectivity index (χ0n) is 26.2. The first kappa shape index (κ1) is 32.0. The second kappa shape index (κ2) is 11.4. The predicted octanol–water partition coefficient (Wildman–Crippen LogP) is 0.670. The van der Waals surface area contributed by atoms with E-state index >= 15 is 0 Å². The lowest BCUT2D eigenvalue weighted by Crippen LogP contribution is -2.77. The van der Waals surface area contributed by atoms with Crippen molar-refractivity contribution >= 4 is 29.0 Å². The molecule has 6 rings (SSSR count). The number of ether oxygens (including phenoxy) is 1. The average molecular weight is 634 g/mol. The number of rotatable bonds is 6. The van der Waals surface area contributed by atoms with Gasteiger partial charge in [0.25, 0.3) is 0 Å². The van der Waals surface area contributed by atoms with Crippen LogP contribution in [0.25, 0.3) is 11.1 Å². The Labute approximate surface area is 266 Å². The van der Waals surface area contributed by atoms with Gasteiger partial charge in [0.05, 0.1) is 36.7 Å². The number of nitrogens with zero attached hydrogens (tertiary/aromatic N) is 2. The van der Waals surface area contributed by atoms with Crippen LogP contribution in [0.4, 0.5) is 0 Å². The third-order valence-corrected chi connectivity index (χ3v) is 10.6. The van der Waals surface area contributed by atoms with E-state index in [-0.39, 0.29) is 5.56 Å². The molecule has 4 aliphatic rings. The lowest BCUT2D eigenvalue weighted by Gasteiger charge is -2.56. The summed E-state index contributed by atoms with van der Waals surface area (Å²) >= 11 is 0. The normalized spacial score (nSPS) is 32.7. The molecule has 0 bridgehead atoms. The van der Waals surface area contributed by atoms with Gasteiger partial charge in [-0.15, -0.1) is 0 Å². The zero-order chi connectivity index (χ0) is 33.4. The Kier molecular flexibility index (Phi) is 7.91. The van der Waals surface area contributed by atoms with Gasteiger partial charge in [-0.3, -0.25) is 33.8 Å². The molecule has 5 N–H and O–H groups in total. The van der Waals surface area contributed by atoms with Crippen LogP contribution < -0.4 is 10.5 Å². The van der Waals surface area contributed by atoms with Crippen LogP contribution in [0.15, 0.2) is 30.3 Å². The molecule has 2 saturated carbocycles. The fourth-order valence-corrected chi connectivity index (χ4v) is 8.57. The molecule has 244 valence electrons. The van der Waals surface area contributed by atoms with Crippen molar-refractivity contribution in [3.63, 3.8) is 0 Å². The second-order valence-corrected chi connectivity index (χ2v) is 13.3. The van der Waals surface area contributed by atoms with Crippen molar-refractivity contribution in [3.8, 4) is 22.6 Å². The summed E-state index contributed by atoms with van der Waals surface area (Å²) in [7, 11) is 4.45. The summed E-state index contributed by atoms with van der Waals surface area (Å²) in [6.07, 6.45) is 0.540. The molecule has 2 unspecified atom stereocenters. The first-order valence-electron chi connectivity index (χ1n) is 15.5. The number of phenols is 1. The largest absolute Gasteiger partial charge is 0.507 e. The fourth-order valence-electron chi connectivity index (χ4n) is 8.57. The molecule has 12 nitrogen and oxygen atoms in total. The molecule has 2 aromatic rings. The number of benzene rings is 2. The molecular weight excluding hydrogens is 594 g/mol. The Bertz CT molecular complexity index is 1670. The van der Waals surface area contributed by atoms with E-state index in [1.54, 1.807) is 13.0 Å². The Morgan fingerprint density at radius 3 is 2.35 bits per heavy atom. The number of ketones is 4. The summed E-state index contributed by atoms with van der Waals surface area (Å²) in [4.78, 5) is 71.6. The van der Waals surface area contributed by atoms with Gasteiger partial charge < -0.3 is 25.8 Å². The molecule has 1 aliphatic heterocycles. The van der Waals surface area contributed by atoms with Crippen molar-refractivity contribution < 1.29 is 44.0 Å². The topological polar surface area (TPSA) is 188 Å². The van der Waals surface area contributed by atoms with Crippen molar-refractivity contribution in [3.05, 3.63) is 47.0 Å². The van der Waals surface area contributed by atoms with Gasteiger partial charge in [0.2, 0.25) is 5.91 Å². The number of carbonyl (C=O) groups excluding carboxylic acids is 5. The number of primary amides is 1. The highest BCUT2D eigenvalue weighted by atomic mass is 16.5. The third-order valence-electron chi connectivity index (χ3n) is 10.6. The number of methoxy groups -OCH3 is 1. The van der Waals surface area contributed by atoms with E-state index in [1.807, 2.05) is 18.2 Å². The summed E-state index contributed by atoms with van der Waals surface area (Å²) in [5.74, 6) is -13.2. The first-order valence-corrected chi connectivity index (χ1v) is 15.5. The third kappa shape index (κ3) is 4.45. The summed E-state index contributed by atoms with van der Waals surface area (Å²) in [6, 6.07) is 7.36. The van der Waals surface area contributed by atoms with Gasteiger partial charge in [0.1, 0.15) is 11.5 Å². The van der Waals surface area contributed by atoms with Crippen LogP contribution in [-0.4, -0.2) is 106 Å². The van der Waals surface area contributed by atoms with Crippen LogP contribution in [0.3, 0.4) is 0 Å². The summed E-state index contributed by atoms with van der Waals surface area (Å²) < 4.78 is 5.71. The van der Waals surface area contributed by atoms with Gasteiger partial charge in [-0.2, -0.15) is 0 Å². The van der Waals surface area contributed by atoms with E-state index < -0.39 is 82.1 Å². The van der Waals surface area contributed by atoms with Gasteiger partial charge >= 0.3 is 0 Å². The van der Waals surface area contributed by atoms with Crippen molar-refractivity contribution in [2.75, 3.05) is 34.3 Å². The van der Waals surface area contributed by atoms with E-state index in [9.17, 15) is 39.3 Å². The summed E-state index contributed by atoms with van der Waals surface area (Å²) in [6.45, 7) is 4.40. The Hall–Kier alpha value is -3.97. The molecule has 1 amide bonds. The monoisotopic (exact) mass is 633 g/mol. The number of fused-ring (bicyclic) bond motifs is 3. The van der Waals surface area contributed by atoms with Crippen molar-refractivity contribution in [1.82, 2.24) is 9.80 Å². The van der Waals surface area contributed by atoms with Gasteiger partial charge in [0.15, 0.2) is 34.7 Å². The number of phenolic OH excluding ortho intramolecular Hbond substituents is 1. The molecule has 3 fully saturated rings. The van der Waals surface area contributed by atoms with Crippen LogP contribution in [0.2, 0.25) is 0 Å². The lowest BCUT2D eigenvalue weighted by molar-refractivity contribution is -0.196. The molecule has 8 atom stereocenters. The maximum absolute atomic E-state index is 14.3. The quantitative estimate of drug-likeness (QED) is 0.328. The molecule has 0 radical (unpaired) electrons. The summed E-state index contributed by atoms with van der Waals surface area (Å²) in [5.41, 5.74) is 4.79. The molecular formula is C34H39N3O9. The van der Waals surface area contributed by atoms with Crippen LogP contribution in [0, 0.1) is 23.7 Å². The predicted molar refractivity (Wildman–Crippen MR) is 164 cm³/mol. The molecule has 12 heteroatoms. The van der Waals surface area contributed by atoms with E-state index in [1.165, 1.54) is 32.2 Å². The number of amides is 1. The molecule has 0 spiro atoms. The van der Waals surface area contributed by atoms with Gasteiger partial charge in [-0.1, -0.05) is 19.1 Å². The van der Waals surface area contributed by atoms with Crippen LogP contribution >= 0.6 is 0 Å². The lowest BCUT2D eigenvalue weighted by atomic mass is 9.49. The Morgan fingerprint density at radius 2 is 1.74 bits per heavy atom. The summed E-state index contributed by atoms with van der Waals surface area (Å²) in [5, 5.41) is 35.0. The van der Waals surface area contributed by atoms with Crippen molar-refractivity contribution in [2.24, 2.45) is 29.4 Å². The zero-order valence-corrected chi connectivity index (χ0v) is 26.2. The number of likely N-dealkylation sites (N-methyl/N-ethyl adjacent to an activating group) is 1. The van der Waals surface area contributed by atoms with E-state index in [0.717, 1.165) is 31.5 Å². The molecule has 0 aromatic heterocycles. The van der Waals surface area contributed by atoms with Gasteiger partial charge in [-0.25, -0.2) is 0 Å². The number of carbonyl (C=O) groups is 5. The maximum atomic E-state index is 14.3. The standard InChI is InChI=1S/C34H39N3O9/c1-15-21-17(18-13-16(7-10-20(18)46-4)14-37-11-5-6-12-37)8-9-19(38)23(21)28(39)24-22(15)29(40)26-27(36(2)3)30(41)25(33(35)44)32(43)34(26,45)31(24)42/h7-10,13,15,22,24-27,29,38,40,45H,5-6,11-12,14H2,1-4H3,(H2,35,44)/t15-,22+,24?,25?,26+,27-,29-,34-/m1/s1. The second-order valence-electron chi connectivity index (χ2n) is 13.3. The number of nitrogens with two attached hydrogens (primary N) is 1. The smallest absolute Gasteiger partial charge is 0.235 e. The number of aliphatic hydroxyl groups excluding tert-OH is 1. The van der Waals surface area contributed by atoms with Crippen LogP contribution in [0.1, 0.15) is 47.2 Å². The number of aromatic hydroxyl groups is 1. The van der Waals surface area contributed by atoms with Crippen molar-refractivity contribution in [2.45, 2.75) is 50.0 Å². The number of hydrogen-bond donors (Lipinski definition) is 4. The van der Waals surface area contributed by atoms with Gasteiger partial charge in [0, 0.05) is 18.0 Å². The molecule has 3 aliphatic carbocycles. The van der Waals surface area contributed by atoms with E-state index in [4.69, 9.17) is 10.5 Å². The number of hydrogen-bond acceptors (Lipinski definition) is 11. The maximum Gasteiger partial charge on any atom is 0.235 e. The minimum Gasteiger partial charge on any atom is -0.507 e. The van der Waals surface area contributed by atoms with Crippen LogP contribution in [-0.2, 0) is 25.7 Å². The van der Waals surface area contributed by atoms with Crippen molar-refractivity contribution in [1.29, 1.82) is 0 Å². The highest BCUT2D eigenvalue weighted by Crippen LogP contribution is 2.56. The Balaban J connectivity index is 1.52. The highest BCUT2D eigenvalue weighted by molar-refractivity contribution is 6.32.